The van der Waals surface area contributed by atoms with Crippen molar-refractivity contribution >= 4 is 9.28 Å². The van der Waals surface area contributed by atoms with Gasteiger partial charge in [0.15, 0.2) is 0 Å². The van der Waals surface area contributed by atoms with Gasteiger partial charge in [-0.2, -0.15) is 0 Å². The minimum Gasteiger partial charge on any atom is -0.400 e. The van der Waals surface area contributed by atoms with Gasteiger partial charge in [-0.1, -0.05) is 5.92 Å². The average molecular weight is 144 g/mol. The molecule has 0 aliphatic rings. The van der Waals surface area contributed by atoms with Crippen molar-refractivity contribution in [3.63, 3.8) is 0 Å². The van der Waals surface area contributed by atoms with E-state index in [2.05, 4.69) is 11.8 Å². The van der Waals surface area contributed by atoms with Gasteiger partial charge >= 0.3 is 9.28 Å². The molecule has 0 aromatic carbocycles. The van der Waals surface area contributed by atoms with Crippen LogP contribution in [0.3, 0.4) is 0 Å². The molecule has 0 aromatic heterocycles. The van der Waals surface area contributed by atoms with Gasteiger partial charge in [-0.15, -0.1) is 5.92 Å². The molecule has 0 amide bonds. The fourth-order valence-electron chi connectivity index (χ4n) is 0.299. The molecule has 1 atom stereocenters. The van der Waals surface area contributed by atoms with E-state index in [-0.39, 0.29) is 0 Å². The Kier molecular flexibility index (Phi) is 5.63. The number of hydrogen-bond donors (Lipinski definition) is 0. The summed E-state index contributed by atoms with van der Waals surface area (Å²) in [4.78, 5) is 0. The SMILES string of the molecule is CC#CCO[SiH](C)OC. The molecule has 3 heteroatoms. The minimum atomic E-state index is -1.32. The Bertz CT molecular complexity index is 114. The van der Waals surface area contributed by atoms with Crippen LogP contribution in [0, 0.1) is 11.8 Å². The Labute approximate surface area is 58.0 Å². The van der Waals surface area contributed by atoms with Gasteiger partial charge in [-0.3, -0.25) is 0 Å². The van der Waals surface area contributed by atoms with E-state index in [1.165, 1.54) is 0 Å². The normalized spacial score (nSPS) is 11.9. The van der Waals surface area contributed by atoms with Crippen LogP contribution in [0.1, 0.15) is 6.92 Å². The van der Waals surface area contributed by atoms with E-state index < -0.39 is 9.28 Å². The van der Waals surface area contributed by atoms with Gasteiger partial charge in [0.2, 0.25) is 0 Å². The highest BCUT2D eigenvalue weighted by Gasteiger charge is 1.98. The topological polar surface area (TPSA) is 18.5 Å². The lowest BCUT2D eigenvalue weighted by atomic mass is 10.6. The average Bonchev–Trinajstić information content (AvgIpc) is 1.89. The van der Waals surface area contributed by atoms with Crippen LogP contribution in [0.25, 0.3) is 0 Å². The minimum absolute atomic E-state index is 0.512. The Morgan fingerprint density at radius 2 is 2.22 bits per heavy atom. The first kappa shape index (κ1) is 8.70. The smallest absolute Gasteiger partial charge is 0.318 e. The monoisotopic (exact) mass is 144 g/mol. The molecule has 52 valence electrons. The van der Waals surface area contributed by atoms with E-state index in [4.69, 9.17) is 8.85 Å². The third-order valence-corrected chi connectivity index (χ3v) is 2.20. The molecule has 0 spiro atoms. The molecular formula is C6H12O2Si. The second-order valence-electron chi connectivity index (χ2n) is 1.54. The summed E-state index contributed by atoms with van der Waals surface area (Å²) in [6.45, 7) is 4.28. The lowest BCUT2D eigenvalue weighted by Gasteiger charge is -2.04. The Morgan fingerprint density at radius 3 is 2.67 bits per heavy atom. The summed E-state index contributed by atoms with van der Waals surface area (Å²) in [7, 11) is 0.348. The highest BCUT2D eigenvalue weighted by molar-refractivity contribution is 6.42. The van der Waals surface area contributed by atoms with E-state index >= 15 is 0 Å². The van der Waals surface area contributed by atoms with E-state index in [0.29, 0.717) is 6.61 Å². The molecule has 0 aliphatic heterocycles. The van der Waals surface area contributed by atoms with Gasteiger partial charge < -0.3 is 8.85 Å². The van der Waals surface area contributed by atoms with Crippen LogP contribution in [0.5, 0.6) is 0 Å². The first-order chi connectivity index (χ1) is 4.31. The van der Waals surface area contributed by atoms with Crippen molar-refractivity contribution in [1.82, 2.24) is 0 Å². The van der Waals surface area contributed by atoms with E-state index in [1.54, 1.807) is 14.0 Å². The van der Waals surface area contributed by atoms with Crippen molar-refractivity contribution in [2.45, 2.75) is 13.5 Å². The highest BCUT2D eigenvalue weighted by Crippen LogP contribution is 1.82. The van der Waals surface area contributed by atoms with Crippen LogP contribution in [0.15, 0.2) is 0 Å². The third kappa shape index (κ3) is 5.57. The summed E-state index contributed by atoms with van der Waals surface area (Å²) in [5.74, 6) is 5.53. The maximum Gasteiger partial charge on any atom is 0.318 e. The van der Waals surface area contributed by atoms with Gasteiger partial charge in [0.05, 0.1) is 6.61 Å². The Morgan fingerprint density at radius 1 is 1.56 bits per heavy atom. The highest BCUT2D eigenvalue weighted by atomic mass is 28.3. The van der Waals surface area contributed by atoms with Crippen LogP contribution < -0.4 is 0 Å². The van der Waals surface area contributed by atoms with Crippen LogP contribution >= 0.6 is 0 Å². The van der Waals surface area contributed by atoms with Crippen molar-refractivity contribution in [2.75, 3.05) is 13.7 Å². The molecular weight excluding hydrogens is 132 g/mol. The van der Waals surface area contributed by atoms with Crippen molar-refractivity contribution < 1.29 is 8.85 Å². The summed E-state index contributed by atoms with van der Waals surface area (Å²) < 4.78 is 10.1. The molecule has 0 bridgehead atoms. The molecule has 0 heterocycles. The first-order valence-corrected chi connectivity index (χ1v) is 4.95. The van der Waals surface area contributed by atoms with Crippen molar-refractivity contribution in [1.29, 1.82) is 0 Å². The summed E-state index contributed by atoms with van der Waals surface area (Å²) in [6, 6.07) is 0. The molecule has 0 rings (SSSR count). The molecule has 0 saturated heterocycles. The molecule has 0 aromatic rings. The van der Waals surface area contributed by atoms with Gasteiger partial charge in [0, 0.05) is 7.11 Å². The predicted molar refractivity (Wildman–Crippen MR) is 39.4 cm³/mol. The van der Waals surface area contributed by atoms with Crippen LogP contribution in [-0.4, -0.2) is 23.0 Å². The molecule has 0 saturated carbocycles. The van der Waals surface area contributed by atoms with E-state index in [0.717, 1.165) is 0 Å². The zero-order valence-corrected chi connectivity index (χ0v) is 7.26. The molecule has 0 aliphatic carbocycles. The van der Waals surface area contributed by atoms with Crippen LogP contribution in [-0.2, 0) is 8.85 Å². The number of hydrogen-bond acceptors (Lipinski definition) is 2. The molecule has 2 nitrogen and oxygen atoms in total. The van der Waals surface area contributed by atoms with Gasteiger partial charge in [-0.25, -0.2) is 0 Å². The fourth-order valence-corrected chi connectivity index (χ4v) is 0.753. The predicted octanol–water partition coefficient (Wildman–Crippen LogP) is 0.523. The van der Waals surface area contributed by atoms with Gasteiger partial charge in [0.1, 0.15) is 0 Å². The van der Waals surface area contributed by atoms with Gasteiger partial charge in [-0.05, 0) is 13.5 Å². The third-order valence-electron chi connectivity index (χ3n) is 0.899. The molecule has 0 N–H and O–H groups in total. The fraction of sp³-hybridized carbons (Fsp3) is 0.667. The van der Waals surface area contributed by atoms with Crippen LogP contribution in [0.4, 0.5) is 0 Å². The zero-order chi connectivity index (χ0) is 7.11. The molecule has 9 heavy (non-hydrogen) atoms. The Balaban J connectivity index is 3.13. The zero-order valence-electron chi connectivity index (χ0n) is 6.10. The largest absolute Gasteiger partial charge is 0.400 e. The van der Waals surface area contributed by atoms with E-state index in [9.17, 15) is 0 Å². The first-order valence-electron chi connectivity index (χ1n) is 2.85. The second kappa shape index (κ2) is 5.83. The van der Waals surface area contributed by atoms with Crippen molar-refractivity contribution in [3.8, 4) is 11.8 Å². The van der Waals surface area contributed by atoms with Crippen LogP contribution in [0.2, 0.25) is 6.55 Å². The molecule has 0 fully saturated rings. The summed E-state index contributed by atoms with van der Waals surface area (Å²) in [6.07, 6.45) is 0. The van der Waals surface area contributed by atoms with Crippen molar-refractivity contribution in [3.05, 3.63) is 0 Å². The van der Waals surface area contributed by atoms with Crippen molar-refractivity contribution in [2.24, 2.45) is 0 Å². The maximum absolute atomic E-state index is 5.17. The standard InChI is InChI=1S/C6H12O2Si/c1-4-5-6-8-9(3)7-2/h9H,6H2,1-3H3. The lowest BCUT2D eigenvalue weighted by molar-refractivity contribution is 0.263. The Hall–Kier alpha value is -0.303. The number of rotatable bonds is 3. The maximum atomic E-state index is 5.17. The summed E-state index contributed by atoms with van der Waals surface area (Å²) in [5.41, 5.74) is 0. The quantitative estimate of drug-likeness (QED) is 0.425. The summed E-state index contributed by atoms with van der Waals surface area (Å²) >= 11 is 0. The van der Waals surface area contributed by atoms with Gasteiger partial charge in [0.25, 0.3) is 0 Å². The second-order valence-corrected chi connectivity index (χ2v) is 3.48. The lowest BCUT2D eigenvalue weighted by Crippen LogP contribution is -2.15. The van der Waals surface area contributed by atoms with E-state index in [1.807, 2.05) is 6.55 Å². The summed E-state index contributed by atoms with van der Waals surface area (Å²) in [5, 5.41) is 0. The molecule has 1 unspecified atom stereocenters. The molecule has 0 radical (unpaired) electrons.